The van der Waals surface area contributed by atoms with Gasteiger partial charge in [-0.05, 0) is 12.1 Å². The van der Waals surface area contributed by atoms with Crippen LogP contribution >= 0.6 is 7.60 Å². The summed E-state index contributed by atoms with van der Waals surface area (Å²) in [5, 5.41) is 10.8. The maximum absolute atomic E-state index is 12.7. The second kappa shape index (κ2) is 8.24. The van der Waals surface area contributed by atoms with Crippen LogP contribution in [0.25, 0.3) is 0 Å². The van der Waals surface area contributed by atoms with E-state index in [9.17, 15) is 14.7 Å². The second-order valence-corrected chi connectivity index (χ2v) is 5.87. The van der Waals surface area contributed by atoms with Crippen LogP contribution in [0.1, 0.15) is 12.8 Å². The van der Waals surface area contributed by atoms with Gasteiger partial charge in [0.2, 0.25) is 0 Å². The van der Waals surface area contributed by atoms with E-state index >= 15 is 0 Å². The van der Waals surface area contributed by atoms with E-state index in [1.54, 1.807) is 0 Å². The Morgan fingerprint density at radius 1 is 1.10 bits per heavy atom. The van der Waals surface area contributed by atoms with E-state index in [2.05, 4.69) is 11.8 Å². The van der Waals surface area contributed by atoms with Crippen LogP contribution in [-0.2, 0) is 13.6 Å². The van der Waals surface area contributed by atoms with E-state index in [1.807, 2.05) is 0 Å². The highest BCUT2D eigenvalue weighted by molar-refractivity contribution is 7.62. The molecule has 0 saturated heterocycles. The van der Waals surface area contributed by atoms with Gasteiger partial charge in [-0.25, -0.2) is 0 Å². The fourth-order valence-electron chi connectivity index (χ4n) is 1.39. The summed E-state index contributed by atoms with van der Waals surface area (Å²) >= 11 is 0. The van der Waals surface area contributed by atoms with Crippen LogP contribution < -0.4 is 5.30 Å². The molecular formula is C14H14NO5P. The maximum Gasteiger partial charge on any atom is 0.361 e. The highest BCUT2D eigenvalue weighted by atomic mass is 31.2. The van der Waals surface area contributed by atoms with Crippen molar-refractivity contribution in [3.63, 3.8) is 0 Å². The lowest BCUT2D eigenvalue weighted by Gasteiger charge is -2.17. The number of terminal acetylenes is 2. The lowest BCUT2D eigenvalue weighted by atomic mass is 10.3. The third-order valence-corrected chi connectivity index (χ3v) is 4.37. The monoisotopic (exact) mass is 307 g/mol. The van der Waals surface area contributed by atoms with Crippen LogP contribution in [0, 0.1) is 34.8 Å². The molecule has 0 spiro atoms. The summed E-state index contributed by atoms with van der Waals surface area (Å²) in [6, 6.07) is 5.14. The minimum Gasteiger partial charge on any atom is -0.304 e. The molecule has 1 aromatic rings. The number of rotatable bonds is 8. The Labute approximate surface area is 123 Å². The van der Waals surface area contributed by atoms with E-state index < -0.39 is 12.5 Å². The van der Waals surface area contributed by atoms with Gasteiger partial charge in [-0.15, -0.1) is 24.7 Å². The molecule has 0 aliphatic heterocycles. The molecule has 0 bridgehead atoms. The topological polar surface area (TPSA) is 78.7 Å². The van der Waals surface area contributed by atoms with Gasteiger partial charge in [-0.1, -0.05) is 0 Å². The highest BCUT2D eigenvalue weighted by Gasteiger charge is 2.28. The number of benzene rings is 1. The Bertz CT molecular complexity index is 588. The first kappa shape index (κ1) is 16.9. The van der Waals surface area contributed by atoms with E-state index in [-0.39, 0.29) is 37.0 Å². The average Bonchev–Trinajstić information content (AvgIpc) is 2.48. The Kier molecular flexibility index (Phi) is 6.65. The van der Waals surface area contributed by atoms with Gasteiger partial charge in [-0.3, -0.25) is 14.7 Å². The van der Waals surface area contributed by atoms with Crippen LogP contribution in [-0.4, -0.2) is 18.1 Å². The molecule has 0 aliphatic rings. The molecule has 0 heterocycles. The zero-order chi connectivity index (χ0) is 15.7. The lowest BCUT2D eigenvalue weighted by Crippen LogP contribution is -2.11. The van der Waals surface area contributed by atoms with Crippen molar-refractivity contribution in [2.45, 2.75) is 12.8 Å². The van der Waals surface area contributed by atoms with Crippen molar-refractivity contribution < 1.29 is 18.5 Å². The first-order valence-corrected chi connectivity index (χ1v) is 7.59. The van der Waals surface area contributed by atoms with Gasteiger partial charge >= 0.3 is 7.60 Å². The molecule has 0 radical (unpaired) electrons. The molecule has 1 rings (SSSR count). The minimum atomic E-state index is -3.59. The Balaban J connectivity index is 2.94. The average molecular weight is 307 g/mol. The zero-order valence-corrected chi connectivity index (χ0v) is 12.1. The number of non-ortho nitro benzene ring substituents is 1. The van der Waals surface area contributed by atoms with Crippen molar-refractivity contribution in [1.82, 2.24) is 0 Å². The molecule has 0 aromatic heterocycles. The zero-order valence-electron chi connectivity index (χ0n) is 11.2. The Morgan fingerprint density at radius 3 is 1.95 bits per heavy atom. The third-order valence-electron chi connectivity index (χ3n) is 2.39. The fourth-order valence-corrected chi connectivity index (χ4v) is 2.94. The summed E-state index contributed by atoms with van der Waals surface area (Å²) in [4.78, 5) is 10.1. The summed E-state index contributed by atoms with van der Waals surface area (Å²) < 4.78 is 23.2. The van der Waals surface area contributed by atoms with Crippen LogP contribution in [0.4, 0.5) is 5.69 Å². The summed E-state index contributed by atoms with van der Waals surface area (Å²) in [6.45, 7) is 0.113. The normalized spacial score (nSPS) is 10.6. The SMILES string of the molecule is C#CCCOP(=O)(OCCC#C)c1ccc([N+](=O)[O-])cc1. The van der Waals surface area contributed by atoms with Gasteiger partial charge in [0, 0.05) is 25.0 Å². The Hall–Kier alpha value is -2.11. The molecule has 7 heteroatoms. The maximum atomic E-state index is 12.7. The first-order valence-electron chi connectivity index (χ1n) is 6.04. The predicted molar refractivity (Wildman–Crippen MR) is 79.1 cm³/mol. The summed E-state index contributed by atoms with van der Waals surface area (Å²) in [7, 11) is -3.59. The van der Waals surface area contributed by atoms with Crippen LogP contribution in [0.2, 0.25) is 0 Å². The number of hydrogen-bond acceptors (Lipinski definition) is 5. The molecule has 0 saturated carbocycles. The second-order valence-electron chi connectivity index (χ2n) is 3.85. The highest BCUT2D eigenvalue weighted by Crippen LogP contribution is 2.47. The van der Waals surface area contributed by atoms with Crippen LogP contribution in [0.5, 0.6) is 0 Å². The molecule has 21 heavy (non-hydrogen) atoms. The molecule has 0 amide bonds. The van der Waals surface area contributed by atoms with Crippen molar-refractivity contribution in [3.8, 4) is 24.7 Å². The van der Waals surface area contributed by atoms with Crippen LogP contribution in [0.15, 0.2) is 24.3 Å². The molecule has 0 N–H and O–H groups in total. The van der Waals surface area contributed by atoms with Crippen molar-refractivity contribution in [1.29, 1.82) is 0 Å². The molecule has 6 nitrogen and oxygen atoms in total. The number of nitro benzene ring substituents is 1. The molecule has 0 unspecified atom stereocenters. The largest absolute Gasteiger partial charge is 0.361 e. The number of nitrogens with zero attached hydrogens (tertiary/aromatic N) is 1. The molecule has 0 aliphatic carbocycles. The summed E-state index contributed by atoms with van der Waals surface area (Å²) in [5.74, 6) is 4.72. The molecule has 110 valence electrons. The van der Waals surface area contributed by atoms with Gasteiger partial charge in [-0.2, -0.15) is 0 Å². The van der Waals surface area contributed by atoms with Gasteiger partial charge < -0.3 is 9.05 Å². The van der Waals surface area contributed by atoms with Gasteiger partial charge in [0.1, 0.15) is 0 Å². The van der Waals surface area contributed by atoms with E-state index in [0.29, 0.717) is 0 Å². The standard InChI is InChI=1S/C14H14NO5P/c1-3-5-11-19-21(18,20-12-6-4-2)14-9-7-13(8-10-14)15(16)17/h1-2,7-10H,5-6,11-12H2. The van der Waals surface area contributed by atoms with Gasteiger partial charge in [0.15, 0.2) is 0 Å². The third kappa shape index (κ3) is 5.06. The summed E-state index contributed by atoms with van der Waals surface area (Å²) in [5.41, 5.74) is -0.113. The first-order chi connectivity index (χ1) is 10.0. The van der Waals surface area contributed by atoms with Gasteiger partial charge in [0.05, 0.1) is 23.4 Å². The summed E-state index contributed by atoms with van der Waals surface area (Å²) in [6.07, 6.45) is 10.8. The van der Waals surface area contributed by atoms with Crippen molar-refractivity contribution in [3.05, 3.63) is 34.4 Å². The molecule has 0 atom stereocenters. The van der Waals surface area contributed by atoms with Crippen molar-refractivity contribution in [2.75, 3.05) is 13.2 Å². The molecule has 0 fully saturated rings. The van der Waals surface area contributed by atoms with Crippen molar-refractivity contribution >= 4 is 18.6 Å². The minimum absolute atomic E-state index is 0.0564. The van der Waals surface area contributed by atoms with E-state index in [4.69, 9.17) is 21.9 Å². The quantitative estimate of drug-likeness (QED) is 0.242. The van der Waals surface area contributed by atoms with E-state index in [0.717, 1.165) is 0 Å². The lowest BCUT2D eigenvalue weighted by molar-refractivity contribution is -0.384. The van der Waals surface area contributed by atoms with Crippen LogP contribution in [0.3, 0.4) is 0 Å². The smallest absolute Gasteiger partial charge is 0.304 e. The van der Waals surface area contributed by atoms with Gasteiger partial charge in [0.25, 0.3) is 5.69 Å². The Morgan fingerprint density at radius 2 is 1.57 bits per heavy atom. The van der Waals surface area contributed by atoms with Crippen molar-refractivity contribution in [2.24, 2.45) is 0 Å². The molecule has 1 aromatic carbocycles. The van der Waals surface area contributed by atoms with E-state index in [1.165, 1.54) is 24.3 Å². The number of nitro groups is 1. The fraction of sp³-hybridized carbons (Fsp3) is 0.286. The molecular weight excluding hydrogens is 293 g/mol. The number of hydrogen-bond donors (Lipinski definition) is 0. The predicted octanol–water partition coefficient (Wildman–Crippen LogP) is 2.49.